The van der Waals surface area contributed by atoms with Crippen molar-refractivity contribution in [3.05, 3.63) is 0 Å². The fourth-order valence-corrected chi connectivity index (χ4v) is 4.89. The molecule has 0 saturated carbocycles. The smallest absolute Gasteiger partial charge is 0.251 e. The zero-order valence-electron chi connectivity index (χ0n) is 15.8. The lowest BCUT2D eigenvalue weighted by molar-refractivity contribution is -0.142. The van der Waals surface area contributed by atoms with Crippen LogP contribution in [-0.2, 0) is 9.53 Å². The number of nitrogens with zero attached hydrogens (tertiary/aromatic N) is 3. The number of hydrogen-bond acceptors (Lipinski definition) is 4. The summed E-state index contributed by atoms with van der Waals surface area (Å²) < 4.78 is 5.54. The molecule has 8 heteroatoms. The molecule has 0 aliphatic carbocycles. The molecule has 0 spiro atoms. The number of guanidine groups is 1. The summed E-state index contributed by atoms with van der Waals surface area (Å²) in [5, 5.41) is 3.43. The highest BCUT2D eigenvalue weighted by molar-refractivity contribution is 14.0. The summed E-state index contributed by atoms with van der Waals surface area (Å²) in [5.74, 6) is 4.49. The molecule has 1 atom stereocenters. The van der Waals surface area contributed by atoms with Crippen molar-refractivity contribution >= 4 is 47.6 Å². The lowest BCUT2D eigenvalue weighted by Gasteiger charge is -2.37. The highest BCUT2D eigenvalue weighted by atomic mass is 127. The molecule has 150 valence electrons. The number of hydrogen-bond donors (Lipinski definition) is 1. The zero-order valence-corrected chi connectivity index (χ0v) is 19.0. The molecule has 0 aromatic carbocycles. The van der Waals surface area contributed by atoms with E-state index in [1.807, 2.05) is 4.90 Å². The predicted octanol–water partition coefficient (Wildman–Crippen LogP) is 2.04. The number of rotatable bonds is 4. The number of carbonyl (C=O) groups excluding carboxylic acids is 1. The lowest BCUT2D eigenvalue weighted by Crippen LogP contribution is -2.55. The normalized spacial score (nSPS) is 25.1. The molecule has 3 aliphatic rings. The number of aliphatic imine (C=N–C) groups is 1. The molecule has 1 N–H and O–H groups in total. The van der Waals surface area contributed by atoms with Crippen molar-refractivity contribution in [2.75, 3.05) is 57.4 Å². The Morgan fingerprint density at radius 3 is 2.46 bits per heavy atom. The van der Waals surface area contributed by atoms with Crippen LogP contribution in [0.3, 0.4) is 0 Å². The molecule has 0 aromatic heterocycles. The van der Waals surface area contributed by atoms with Gasteiger partial charge in [-0.25, -0.2) is 0 Å². The molecular formula is C18H33IN4O2S. The van der Waals surface area contributed by atoms with Crippen molar-refractivity contribution in [3.63, 3.8) is 0 Å². The van der Waals surface area contributed by atoms with E-state index in [2.05, 4.69) is 28.9 Å². The highest BCUT2D eigenvalue weighted by Crippen LogP contribution is 2.23. The topological polar surface area (TPSA) is 57.2 Å². The van der Waals surface area contributed by atoms with Crippen molar-refractivity contribution in [1.29, 1.82) is 0 Å². The first-order chi connectivity index (χ1) is 12.3. The molecule has 0 bridgehead atoms. The average Bonchev–Trinajstić information content (AvgIpc) is 3.20. The van der Waals surface area contributed by atoms with Crippen LogP contribution in [0.1, 0.15) is 32.6 Å². The van der Waals surface area contributed by atoms with Crippen LogP contribution in [0.15, 0.2) is 4.99 Å². The molecule has 3 rings (SSSR count). The molecule has 26 heavy (non-hydrogen) atoms. The second-order valence-electron chi connectivity index (χ2n) is 7.06. The minimum atomic E-state index is -0.197. The minimum absolute atomic E-state index is 0. The van der Waals surface area contributed by atoms with Gasteiger partial charge in [-0.05, 0) is 50.0 Å². The molecule has 3 heterocycles. The summed E-state index contributed by atoms with van der Waals surface area (Å²) in [4.78, 5) is 21.6. The van der Waals surface area contributed by atoms with Gasteiger partial charge < -0.3 is 19.9 Å². The third-order valence-corrected chi connectivity index (χ3v) is 6.32. The number of carbonyl (C=O) groups is 1. The third-order valence-electron chi connectivity index (χ3n) is 5.27. The molecule has 0 aromatic rings. The molecule has 1 unspecified atom stereocenters. The largest absolute Gasteiger partial charge is 0.368 e. The van der Waals surface area contributed by atoms with Gasteiger partial charge in [-0.1, -0.05) is 0 Å². The summed E-state index contributed by atoms with van der Waals surface area (Å²) in [6.07, 6.45) is 4.27. The van der Waals surface area contributed by atoms with Crippen LogP contribution in [0.2, 0.25) is 0 Å². The van der Waals surface area contributed by atoms with E-state index in [1.54, 1.807) is 0 Å². The summed E-state index contributed by atoms with van der Waals surface area (Å²) in [7, 11) is 0. The Balaban J connectivity index is 0.00000243. The first kappa shape index (κ1) is 22.1. The lowest BCUT2D eigenvalue weighted by atomic mass is 10.0. The van der Waals surface area contributed by atoms with Gasteiger partial charge in [-0.2, -0.15) is 11.8 Å². The maximum absolute atomic E-state index is 12.5. The number of halogens is 1. The molecular weight excluding hydrogens is 463 g/mol. The molecule has 3 saturated heterocycles. The minimum Gasteiger partial charge on any atom is -0.368 e. The number of ether oxygens (including phenoxy) is 1. The zero-order chi connectivity index (χ0) is 17.5. The van der Waals surface area contributed by atoms with Crippen LogP contribution in [0, 0.1) is 5.92 Å². The van der Waals surface area contributed by atoms with Crippen molar-refractivity contribution < 1.29 is 9.53 Å². The standard InChI is InChI=1S/C18H32N4O2S.HI/c1-2-19-18(20-14-15-5-12-25-13-6-15)22-9-7-21(8-10-22)17(23)16-4-3-11-24-16;/h15-16H,2-14H2,1H3,(H,19,20);1H. The Morgan fingerprint density at radius 2 is 1.85 bits per heavy atom. The van der Waals surface area contributed by atoms with Crippen LogP contribution in [0.4, 0.5) is 0 Å². The Morgan fingerprint density at radius 1 is 1.15 bits per heavy atom. The van der Waals surface area contributed by atoms with Crippen LogP contribution in [-0.4, -0.2) is 85.2 Å². The number of piperazine rings is 1. The second-order valence-corrected chi connectivity index (χ2v) is 8.29. The second kappa shape index (κ2) is 11.6. The average molecular weight is 496 g/mol. The summed E-state index contributed by atoms with van der Waals surface area (Å²) in [6.45, 7) is 7.89. The molecule has 1 amide bonds. The third kappa shape index (κ3) is 6.15. The molecule has 0 radical (unpaired) electrons. The van der Waals surface area contributed by atoms with E-state index in [4.69, 9.17) is 9.73 Å². The van der Waals surface area contributed by atoms with Gasteiger partial charge in [-0.15, -0.1) is 24.0 Å². The molecule has 3 aliphatic heterocycles. The Hall–Kier alpha value is -0.220. The van der Waals surface area contributed by atoms with Gasteiger partial charge in [0, 0.05) is 45.9 Å². The number of thioether (sulfide) groups is 1. The van der Waals surface area contributed by atoms with Crippen molar-refractivity contribution in [1.82, 2.24) is 15.1 Å². The van der Waals surface area contributed by atoms with E-state index < -0.39 is 0 Å². The fourth-order valence-electron chi connectivity index (χ4n) is 3.69. The quantitative estimate of drug-likeness (QED) is 0.367. The van der Waals surface area contributed by atoms with Crippen molar-refractivity contribution in [3.8, 4) is 0 Å². The van der Waals surface area contributed by atoms with Crippen molar-refractivity contribution in [2.45, 2.75) is 38.7 Å². The first-order valence-corrected chi connectivity index (χ1v) is 10.9. The van der Waals surface area contributed by atoms with Gasteiger partial charge in [-0.3, -0.25) is 9.79 Å². The fraction of sp³-hybridized carbons (Fsp3) is 0.889. The van der Waals surface area contributed by atoms with Gasteiger partial charge in [0.2, 0.25) is 0 Å². The van der Waals surface area contributed by atoms with Crippen LogP contribution in [0.25, 0.3) is 0 Å². The number of nitrogens with one attached hydrogen (secondary N) is 1. The van der Waals surface area contributed by atoms with Crippen LogP contribution >= 0.6 is 35.7 Å². The maximum atomic E-state index is 12.5. The van der Waals surface area contributed by atoms with Gasteiger partial charge in [0.15, 0.2) is 5.96 Å². The summed E-state index contributed by atoms with van der Waals surface area (Å²) in [5.41, 5.74) is 0. The first-order valence-electron chi connectivity index (χ1n) is 9.79. The van der Waals surface area contributed by atoms with Crippen LogP contribution in [0.5, 0.6) is 0 Å². The summed E-state index contributed by atoms with van der Waals surface area (Å²) >= 11 is 2.06. The van der Waals surface area contributed by atoms with Crippen LogP contribution < -0.4 is 5.32 Å². The monoisotopic (exact) mass is 496 g/mol. The maximum Gasteiger partial charge on any atom is 0.251 e. The Labute approximate surface area is 178 Å². The van der Waals surface area contributed by atoms with E-state index >= 15 is 0 Å². The van der Waals surface area contributed by atoms with Crippen molar-refractivity contribution in [2.24, 2.45) is 10.9 Å². The highest BCUT2D eigenvalue weighted by Gasteiger charge is 2.31. The van der Waals surface area contributed by atoms with E-state index in [1.165, 1.54) is 24.3 Å². The van der Waals surface area contributed by atoms with E-state index in [-0.39, 0.29) is 36.0 Å². The Kier molecular flexibility index (Phi) is 9.83. The van der Waals surface area contributed by atoms with Gasteiger partial charge in [0.1, 0.15) is 6.10 Å². The summed E-state index contributed by atoms with van der Waals surface area (Å²) in [6, 6.07) is 0. The number of amides is 1. The Bertz CT molecular complexity index is 460. The SMILES string of the molecule is CCNC(=NCC1CCSCC1)N1CCN(C(=O)C2CCCO2)CC1.I. The van der Waals surface area contributed by atoms with E-state index in [9.17, 15) is 4.79 Å². The molecule has 6 nitrogen and oxygen atoms in total. The van der Waals surface area contributed by atoms with Gasteiger partial charge in [0.05, 0.1) is 0 Å². The predicted molar refractivity (Wildman–Crippen MR) is 119 cm³/mol. The molecule has 3 fully saturated rings. The van der Waals surface area contributed by atoms with E-state index in [0.29, 0.717) is 0 Å². The van der Waals surface area contributed by atoms with E-state index in [0.717, 1.165) is 70.6 Å². The van der Waals surface area contributed by atoms with Gasteiger partial charge >= 0.3 is 0 Å². The van der Waals surface area contributed by atoms with Gasteiger partial charge in [0.25, 0.3) is 5.91 Å².